The van der Waals surface area contributed by atoms with Gasteiger partial charge >= 0.3 is 6.18 Å². The van der Waals surface area contributed by atoms with E-state index in [-0.39, 0.29) is 12.0 Å². The van der Waals surface area contributed by atoms with Crippen molar-refractivity contribution in [2.45, 2.75) is 52.4 Å². The summed E-state index contributed by atoms with van der Waals surface area (Å²) in [6.45, 7) is 5.25. The van der Waals surface area contributed by atoms with E-state index >= 15 is 0 Å². The molecule has 120 valence electrons. The Hall–Kier alpha value is -1.01. The van der Waals surface area contributed by atoms with E-state index in [1.807, 2.05) is 17.6 Å². The number of ether oxygens (including phenoxy) is 1. The molecule has 1 aliphatic rings. The van der Waals surface area contributed by atoms with Gasteiger partial charge < -0.3 is 14.4 Å². The molecule has 1 N–H and O–H groups in total. The molecule has 0 aliphatic heterocycles. The first kappa shape index (κ1) is 16.4. The number of aryl methyl sites for hydroxylation is 1. The minimum Gasteiger partial charge on any atom is -0.388 e. The molecule has 6 heteroatoms. The van der Waals surface area contributed by atoms with Gasteiger partial charge in [0.05, 0.1) is 12.7 Å². The van der Waals surface area contributed by atoms with Gasteiger partial charge in [-0.3, -0.25) is 0 Å². The molecule has 2 rings (SSSR count). The van der Waals surface area contributed by atoms with Crippen molar-refractivity contribution in [3.05, 3.63) is 23.0 Å². The molecule has 0 spiro atoms. The molecule has 1 aliphatic carbocycles. The van der Waals surface area contributed by atoms with Crippen LogP contribution in [-0.2, 0) is 17.7 Å². The van der Waals surface area contributed by atoms with Gasteiger partial charge in [0.15, 0.2) is 0 Å². The lowest BCUT2D eigenvalue weighted by atomic mass is 9.75. The molecular weight excluding hydrogens is 283 g/mol. The van der Waals surface area contributed by atoms with E-state index in [2.05, 4.69) is 18.6 Å². The smallest absolute Gasteiger partial charge is 0.388 e. The Kier molecular flexibility index (Phi) is 4.40. The molecule has 1 heterocycles. The van der Waals surface area contributed by atoms with Crippen molar-refractivity contribution in [2.75, 3.05) is 13.2 Å². The van der Waals surface area contributed by atoms with Gasteiger partial charge in [0.1, 0.15) is 6.61 Å². The number of aromatic nitrogens is 1. The minimum atomic E-state index is -4.29. The van der Waals surface area contributed by atoms with Gasteiger partial charge in [-0.25, -0.2) is 0 Å². The molecule has 0 radical (unpaired) electrons. The van der Waals surface area contributed by atoms with Crippen molar-refractivity contribution in [1.82, 2.24) is 4.57 Å². The lowest BCUT2D eigenvalue weighted by Gasteiger charge is -2.34. The fraction of sp³-hybridized carbons (Fsp3) is 0.733. The molecule has 3 nitrogen and oxygen atoms in total. The van der Waals surface area contributed by atoms with E-state index in [0.717, 1.165) is 23.4 Å². The van der Waals surface area contributed by atoms with Crippen LogP contribution in [0.2, 0.25) is 0 Å². The van der Waals surface area contributed by atoms with E-state index in [1.165, 1.54) is 0 Å². The highest BCUT2D eigenvalue weighted by Crippen LogP contribution is 2.41. The number of aliphatic hydroxyl groups is 1. The van der Waals surface area contributed by atoms with Crippen LogP contribution in [0.5, 0.6) is 0 Å². The Labute approximate surface area is 122 Å². The van der Waals surface area contributed by atoms with E-state index in [9.17, 15) is 18.3 Å². The summed E-state index contributed by atoms with van der Waals surface area (Å²) in [5.74, 6) is 0. The van der Waals surface area contributed by atoms with E-state index < -0.39 is 18.9 Å². The topological polar surface area (TPSA) is 34.4 Å². The van der Waals surface area contributed by atoms with Crippen LogP contribution in [0, 0.1) is 12.3 Å². The largest absolute Gasteiger partial charge is 0.411 e. The van der Waals surface area contributed by atoms with Gasteiger partial charge in [-0.05, 0) is 31.2 Å². The van der Waals surface area contributed by atoms with Crippen molar-refractivity contribution in [1.29, 1.82) is 0 Å². The van der Waals surface area contributed by atoms with E-state index in [4.69, 9.17) is 0 Å². The van der Waals surface area contributed by atoms with Crippen LogP contribution in [0.25, 0.3) is 0 Å². The Morgan fingerprint density at radius 2 is 2.10 bits per heavy atom. The van der Waals surface area contributed by atoms with Crippen molar-refractivity contribution in [2.24, 2.45) is 5.41 Å². The summed E-state index contributed by atoms with van der Waals surface area (Å²) in [4.78, 5) is 0. The molecule has 1 aromatic heterocycles. The number of fused-ring (bicyclic) bond motifs is 1. The second-order valence-corrected chi connectivity index (χ2v) is 6.57. The molecule has 0 aromatic carbocycles. The van der Waals surface area contributed by atoms with Crippen LogP contribution >= 0.6 is 0 Å². The third-order valence-corrected chi connectivity index (χ3v) is 3.93. The number of alkyl halides is 3. The highest BCUT2D eigenvalue weighted by atomic mass is 19.4. The molecule has 1 unspecified atom stereocenters. The number of hydrogen-bond donors (Lipinski definition) is 1. The van der Waals surface area contributed by atoms with Crippen LogP contribution < -0.4 is 0 Å². The standard InChI is InChI=1S/C15H22F3NO2/c1-10-6-11-12(7-14(2,3)8-13(11)20)19(10)4-5-21-9-15(16,17)18/h6,13,20H,4-5,7-9H2,1-3H3. The minimum absolute atomic E-state index is 0.0119. The highest BCUT2D eigenvalue weighted by Gasteiger charge is 2.34. The Morgan fingerprint density at radius 3 is 2.71 bits per heavy atom. The fourth-order valence-electron chi connectivity index (χ4n) is 3.05. The number of hydrogen-bond acceptors (Lipinski definition) is 2. The lowest BCUT2D eigenvalue weighted by molar-refractivity contribution is -0.174. The molecule has 0 amide bonds. The van der Waals surface area contributed by atoms with Gasteiger partial charge in [0, 0.05) is 23.5 Å². The zero-order chi connectivity index (χ0) is 15.8. The zero-order valence-corrected chi connectivity index (χ0v) is 12.6. The maximum atomic E-state index is 12.1. The average molecular weight is 305 g/mol. The summed E-state index contributed by atoms with van der Waals surface area (Å²) in [6, 6.07) is 1.93. The van der Waals surface area contributed by atoms with Crippen LogP contribution in [0.15, 0.2) is 6.07 Å². The molecule has 0 bridgehead atoms. The number of nitrogens with zero attached hydrogens (tertiary/aromatic N) is 1. The average Bonchev–Trinajstić information content (AvgIpc) is 2.59. The zero-order valence-electron chi connectivity index (χ0n) is 12.6. The first-order valence-electron chi connectivity index (χ1n) is 7.10. The summed E-state index contributed by atoms with van der Waals surface area (Å²) in [5.41, 5.74) is 2.86. The number of rotatable bonds is 4. The Bertz CT molecular complexity index is 506. The summed E-state index contributed by atoms with van der Waals surface area (Å²) < 4.78 is 42.8. The van der Waals surface area contributed by atoms with Crippen molar-refractivity contribution in [3.63, 3.8) is 0 Å². The van der Waals surface area contributed by atoms with Crippen LogP contribution in [-0.4, -0.2) is 29.1 Å². The highest BCUT2D eigenvalue weighted by molar-refractivity contribution is 5.33. The second kappa shape index (κ2) is 5.65. The Morgan fingerprint density at radius 1 is 1.43 bits per heavy atom. The van der Waals surface area contributed by atoms with Gasteiger partial charge in [-0.15, -0.1) is 0 Å². The molecule has 1 atom stereocenters. The quantitative estimate of drug-likeness (QED) is 0.865. The van der Waals surface area contributed by atoms with E-state index in [0.29, 0.717) is 13.0 Å². The van der Waals surface area contributed by atoms with Crippen molar-refractivity contribution < 1.29 is 23.0 Å². The summed E-state index contributed by atoms with van der Waals surface area (Å²) >= 11 is 0. The normalized spacial score (nSPS) is 21.4. The Balaban J connectivity index is 2.08. The van der Waals surface area contributed by atoms with Gasteiger partial charge in [0.2, 0.25) is 0 Å². The molecule has 0 fully saturated rings. The summed E-state index contributed by atoms with van der Waals surface area (Å²) in [7, 11) is 0. The first-order valence-corrected chi connectivity index (χ1v) is 7.10. The van der Waals surface area contributed by atoms with E-state index in [1.54, 1.807) is 0 Å². The number of aliphatic hydroxyl groups excluding tert-OH is 1. The molecule has 0 saturated carbocycles. The predicted octanol–water partition coefficient (Wildman–Crippen LogP) is 3.38. The lowest BCUT2D eigenvalue weighted by Crippen LogP contribution is -2.27. The van der Waals surface area contributed by atoms with Gasteiger partial charge in [-0.1, -0.05) is 13.8 Å². The van der Waals surface area contributed by atoms with Crippen LogP contribution in [0.3, 0.4) is 0 Å². The fourth-order valence-corrected chi connectivity index (χ4v) is 3.05. The molecular formula is C15H22F3NO2. The van der Waals surface area contributed by atoms with Crippen LogP contribution in [0.4, 0.5) is 13.2 Å². The maximum absolute atomic E-state index is 12.1. The van der Waals surface area contributed by atoms with Gasteiger partial charge in [-0.2, -0.15) is 13.2 Å². The van der Waals surface area contributed by atoms with Crippen molar-refractivity contribution >= 4 is 0 Å². The predicted molar refractivity (Wildman–Crippen MR) is 73.1 cm³/mol. The van der Waals surface area contributed by atoms with Crippen LogP contribution in [0.1, 0.15) is 43.3 Å². The van der Waals surface area contributed by atoms with Crippen molar-refractivity contribution in [3.8, 4) is 0 Å². The SMILES string of the molecule is Cc1cc2c(n1CCOCC(F)(F)F)CC(C)(C)CC2O. The van der Waals surface area contributed by atoms with Gasteiger partial charge in [0.25, 0.3) is 0 Å². The second-order valence-electron chi connectivity index (χ2n) is 6.57. The number of halogens is 3. The first-order chi connectivity index (χ1) is 9.59. The third kappa shape index (κ3) is 4.01. The monoisotopic (exact) mass is 305 g/mol. The third-order valence-electron chi connectivity index (χ3n) is 3.93. The molecule has 0 saturated heterocycles. The molecule has 21 heavy (non-hydrogen) atoms. The maximum Gasteiger partial charge on any atom is 0.411 e. The molecule has 1 aromatic rings. The summed E-state index contributed by atoms with van der Waals surface area (Å²) in [6.07, 6.45) is -3.27. The summed E-state index contributed by atoms with van der Waals surface area (Å²) in [5, 5.41) is 10.2.